The third-order valence-electron chi connectivity index (χ3n) is 1.62. The summed E-state index contributed by atoms with van der Waals surface area (Å²) >= 11 is 5.34. The Hall–Kier alpha value is -1.43. The summed E-state index contributed by atoms with van der Waals surface area (Å²) in [6, 6.07) is 3.88. The van der Waals surface area contributed by atoms with Crippen LogP contribution in [0, 0.1) is 0 Å². The molecule has 1 unspecified atom stereocenters. The number of hydrogen-bond donors (Lipinski definition) is 0. The van der Waals surface area contributed by atoms with Gasteiger partial charge in [-0.05, 0) is 25.1 Å². The van der Waals surface area contributed by atoms with Gasteiger partial charge in [-0.3, -0.25) is 0 Å². The second-order valence-corrected chi connectivity index (χ2v) is 3.65. The van der Waals surface area contributed by atoms with Crippen molar-refractivity contribution in [3.63, 3.8) is 0 Å². The van der Waals surface area contributed by atoms with Gasteiger partial charge in [-0.25, -0.2) is 4.79 Å². The molecular formula is C10H8ClF3O3. The average Bonchev–Trinajstić information content (AvgIpc) is 2.15. The van der Waals surface area contributed by atoms with Crippen LogP contribution in [0.25, 0.3) is 0 Å². The molecule has 0 fully saturated rings. The third-order valence-corrected chi connectivity index (χ3v) is 1.71. The Morgan fingerprint density at radius 3 is 2.59 bits per heavy atom. The second-order valence-electron chi connectivity index (χ2n) is 3.04. The first-order valence-corrected chi connectivity index (χ1v) is 4.92. The minimum atomic E-state index is -4.50. The molecule has 3 nitrogen and oxygen atoms in total. The Kier molecular flexibility index (Phi) is 4.22. The van der Waals surface area contributed by atoms with Gasteiger partial charge in [0.05, 0.1) is 5.56 Å². The smallest absolute Gasteiger partial charge is 0.415 e. The van der Waals surface area contributed by atoms with E-state index in [1.807, 2.05) is 0 Å². The lowest BCUT2D eigenvalue weighted by Gasteiger charge is -2.09. The van der Waals surface area contributed by atoms with Gasteiger partial charge in [0.15, 0.2) is 5.56 Å². The molecule has 0 bridgehead atoms. The molecule has 1 aromatic rings. The van der Waals surface area contributed by atoms with Gasteiger partial charge in [0.1, 0.15) is 5.75 Å². The molecule has 0 aliphatic heterocycles. The van der Waals surface area contributed by atoms with E-state index in [0.717, 1.165) is 12.1 Å². The molecule has 1 atom stereocenters. The van der Waals surface area contributed by atoms with Crippen LogP contribution in [-0.4, -0.2) is 11.7 Å². The summed E-state index contributed by atoms with van der Waals surface area (Å²) in [4.78, 5) is 11.0. The van der Waals surface area contributed by atoms with E-state index in [0.29, 0.717) is 6.07 Å². The monoisotopic (exact) mass is 268 g/mol. The standard InChI is InChI=1S/C10H8ClF3O3/c1-6(11)16-9(15)17-8-4-2-3-7(5-8)10(12,13)14/h2-6H,1H3. The molecule has 1 rings (SSSR count). The predicted octanol–water partition coefficient (Wildman–Crippen LogP) is 3.81. The molecule has 0 saturated carbocycles. The third kappa shape index (κ3) is 4.52. The molecule has 0 amide bonds. The molecule has 0 spiro atoms. The lowest BCUT2D eigenvalue weighted by Crippen LogP contribution is -2.14. The molecule has 1 aromatic carbocycles. The normalized spacial score (nSPS) is 13.0. The van der Waals surface area contributed by atoms with Crippen LogP contribution in [-0.2, 0) is 10.9 Å². The minimum absolute atomic E-state index is 0.262. The largest absolute Gasteiger partial charge is 0.515 e. The Labute approximate surface area is 100 Å². The maximum Gasteiger partial charge on any atom is 0.515 e. The van der Waals surface area contributed by atoms with E-state index in [9.17, 15) is 18.0 Å². The minimum Gasteiger partial charge on any atom is -0.415 e. The van der Waals surface area contributed by atoms with Crippen LogP contribution >= 0.6 is 11.6 Å². The van der Waals surface area contributed by atoms with E-state index >= 15 is 0 Å². The van der Waals surface area contributed by atoms with Gasteiger partial charge in [-0.2, -0.15) is 13.2 Å². The zero-order chi connectivity index (χ0) is 13.1. The van der Waals surface area contributed by atoms with E-state index in [-0.39, 0.29) is 5.75 Å². The van der Waals surface area contributed by atoms with E-state index < -0.39 is 23.5 Å². The molecule has 17 heavy (non-hydrogen) atoms. The number of benzene rings is 1. The fourth-order valence-electron chi connectivity index (χ4n) is 0.989. The molecule has 0 N–H and O–H groups in total. The van der Waals surface area contributed by atoms with Gasteiger partial charge in [-0.15, -0.1) is 0 Å². The number of carbonyl (C=O) groups excluding carboxylic acids is 1. The van der Waals surface area contributed by atoms with Crippen LogP contribution in [0.5, 0.6) is 5.75 Å². The summed E-state index contributed by atoms with van der Waals surface area (Å²) in [6.45, 7) is 1.37. The average molecular weight is 269 g/mol. The van der Waals surface area contributed by atoms with Gasteiger partial charge in [-0.1, -0.05) is 17.7 Å². The van der Waals surface area contributed by atoms with Crippen LogP contribution in [0.1, 0.15) is 12.5 Å². The predicted molar refractivity (Wildman–Crippen MR) is 53.9 cm³/mol. The van der Waals surface area contributed by atoms with Gasteiger partial charge in [0, 0.05) is 0 Å². The highest BCUT2D eigenvalue weighted by Crippen LogP contribution is 2.31. The molecule has 0 radical (unpaired) electrons. The highest BCUT2D eigenvalue weighted by Gasteiger charge is 2.30. The maximum absolute atomic E-state index is 12.3. The number of halogens is 4. The fraction of sp³-hybridized carbons (Fsp3) is 0.300. The zero-order valence-corrected chi connectivity index (χ0v) is 9.38. The molecule has 0 aliphatic rings. The number of rotatable bonds is 2. The van der Waals surface area contributed by atoms with Crippen molar-refractivity contribution in [2.45, 2.75) is 18.7 Å². The van der Waals surface area contributed by atoms with Gasteiger partial charge < -0.3 is 9.47 Å². The maximum atomic E-state index is 12.3. The summed E-state index contributed by atoms with van der Waals surface area (Å²) in [5.74, 6) is -0.262. The summed E-state index contributed by atoms with van der Waals surface area (Å²) in [7, 11) is 0. The van der Waals surface area contributed by atoms with Crippen LogP contribution in [0.3, 0.4) is 0 Å². The Balaban J connectivity index is 2.76. The lowest BCUT2D eigenvalue weighted by molar-refractivity contribution is -0.137. The Morgan fingerprint density at radius 1 is 1.41 bits per heavy atom. The first-order valence-electron chi connectivity index (χ1n) is 4.49. The molecule has 0 heterocycles. The van der Waals surface area contributed by atoms with Crippen molar-refractivity contribution in [2.24, 2.45) is 0 Å². The molecule has 0 saturated heterocycles. The van der Waals surface area contributed by atoms with E-state index in [2.05, 4.69) is 9.47 Å². The number of hydrogen-bond acceptors (Lipinski definition) is 3. The highest BCUT2D eigenvalue weighted by molar-refractivity contribution is 6.19. The van der Waals surface area contributed by atoms with Crippen LogP contribution < -0.4 is 4.74 Å². The second kappa shape index (κ2) is 5.27. The van der Waals surface area contributed by atoms with Crippen molar-refractivity contribution in [1.29, 1.82) is 0 Å². The molecular weight excluding hydrogens is 261 g/mol. The summed E-state index contributed by atoms with van der Waals surface area (Å²) in [5, 5.41) is 0. The quantitative estimate of drug-likeness (QED) is 0.465. The molecule has 0 aliphatic carbocycles. The van der Waals surface area contributed by atoms with E-state index in [1.54, 1.807) is 0 Å². The van der Waals surface area contributed by atoms with Crippen molar-refractivity contribution in [1.82, 2.24) is 0 Å². The molecule has 7 heteroatoms. The number of carbonyl (C=O) groups is 1. The van der Waals surface area contributed by atoms with Crippen LogP contribution in [0.15, 0.2) is 24.3 Å². The number of ether oxygens (including phenoxy) is 2. The van der Waals surface area contributed by atoms with Crippen molar-refractivity contribution in [2.75, 3.05) is 0 Å². The van der Waals surface area contributed by atoms with Crippen LogP contribution in [0.2, 0.25) is 0 Å². The number of alkyl halides is 4. The van der Waals surface area contributed by atoms with Crippen molar-refractivity contribution >= 4 is 17.8 Å². The molecule has 94 valence electrons. The summed E-state index contributed by atoms with van der Waals surface area (Å²) < 4.78 is 45.9. The zero-order valence-electron chi connectivity index (χ0n) is 8.62. The SMILES string of the molecule is CC(Cl)OC(=O)Oc1cccc(C(F)(F)F)c1. The van der Waals surface area contributed by atoms with E-state index in [1.165, 1.54) is 13.0 Å². The Morgan fingerprint density at radius 2 is 2.06 bits per heavy atom. The highest BCUT2D eigenvalue weighted by atomic mass is 35.5. The topological polar surface area (TPSA) is 35.5 Å². The van der Waals surface area contributed by atoms with Gasteiger partial charge in [0.25, 0.3) is 0 Å². The van der Waals surface area contributed by atoms with Crippen LogP contribution in [0.4, 0.5) is 18.0 Å². The summed E-state index contributed by atoms with van der Waals surface area (Å²) in [6.07, 6.45) is -5.66. The van der Waals surface area contributed by atoms with Crippen molar-refractivity contribution in [3.8, 4) is 5.75 Å². The summed E-state index contributed by atoms with van der Waals surface area (Å²) in [5.41, 5.74) is -1.84. The van der Waals surface area contributed by atoms with E-state index in [4.69, 9.17) is 11.6 Å². The lowest BCUT2D eigenvalue weighted by atomic mass is 10.2. The first-order chi connectivity index (χ1) is 7.79. The van der Waals surface area contributed by atoms with Gasteiger partial charge in [0.2, 0.25) is 0 Å². The molecule has 0 aromatic heterocycles. The Bertz CT molecular complexity index is 404. The fourth-order valence-corrected chi connectivity index (χ4v) is 1.06. The van der Waals surface area contributed by atoms with Crippen molar-refractivity contribution < 1.29 is 27.4 Å². The first kappa shape index (κ1) is 13.6. The van der Waals surface area contributed by atoms with Gasteiger partial charge >= 0.3 is 12.3 Å². The van der Waals surface area contributed by atoms with Crippen molar-refractivity contribution in [3.05, 3.63) is 29.8 Å².